The molecule has 0 fully saturated rings. The topological polar surface area (TPSA) is 50.2 Å². The number of pyridine rings is 1. The molecule has 1 N–H and O–H groups in total. The van der Waals surface area contributed by atoms with Crippen LogP contribution in [0.3, 0.4) is 0 Å². The number of hydrogen-bond donors (Lipinski definition) is 1. The molecule has 13 heavy (non-hydrogen) atoms. The van der Waals surface area contributed by atoms with Crippen LogP contribution in [0.25, 0.3) is 0 Å². The molecule has 4 heteroatoms. The summed E-state index contributed by atoms with van der Waals surface area (Å²) in [6.07, 6.45) is 0.795. The second-order valence-electron chi connectivity index (χ2n) is 2.23. The minimum absolute atomic E-state index is 0.237. The Kier molecular flexibility index (Phi) is 2.98. The zero-order valence-corrected chi connectivity index (χ0v) is 6.62. The fourth-order valence-corrected chi connectivity index (χ4v) is 0.660. The molecule has 0 amide bonds. The van der Waals surface area contributed by atoms with Crippen molar-refractivity contribution < 1.29 is 14.3 Å². The van der Waals surface area contributed by atoms with Crippen molar-refractivity contribution in [3.8, 4) is 11.8 Å². The average molecular weight is 179 g/mol. The van der Waals surface area contributed by atoms with E-state index in [0.29, 0.717) is 5.69 Å². The van der Waals surface area contributed by atoms with Gasteiger partial charge in [-0.2, -0.15) is 0 Å². The van der Waals surface area contributed by atoms with Gasteiger partial charge in [-0.25, -0.2) is 9.37 Å². The van der Waals surface area contributed by atoms with Gasteiger partial charge >= 0.3 is 5.97 Å². The number of rotatable bonds is 1. The highest BCUT2D eigenvalue weighted by Gasteiger charge is 1.91. The Morgan fingerprint density at radius 1 is 1.62 bits per heavy atom. The second-order valence-corrected chi connectivity index (χ2v) is 2.23. The van der Waals surface area contributed by atoms with Crippen LogP contribution < -0.4 is 0 Å². The molecule has 0 radical (unpaired) electrons. The predicted octanol–water partition coefficient (Wildman–Crippen LogP) is 1.05. The fraction of sp³-hybridized carbons (Fsp3) is 0.111. The molecule has 0 atom stereocenters. The van der Waals surface area contributed by atoms with E-state index in [2.05, 4.69) is 16.8 Å². The van der Waals surface area contributed by atoms with Crippen molar-refractivity contribution >= 4 is 5.97 Å². The quantitative estimate of drug-likeness (QED) is 0.655. The summed E-state index contributed by atoms with van der Waals surface area (Å²) in [4.78, 5) is 13.7. The number of carboxylic acids is 1. The van der Waals surface area contributed by atoms with Crippen molar-refractivity contribution in [2.24, 2.45) is 0 Å². The van der Waals surface area contributed by atoms with Crippen LogP contribution in [-0.2, 0) is 4.79 Å². The fourth-order valence-electron chi connectivity index (χ4n) is 0.660. The molecule has 0 aliphatic rings. The monoisotopic (exact) mass is 179 g/mol. The number of hydrogen-bond acceptors (Lipinski definition) is 2. The van der Waals surface area contributed by atoms with Gasteiger partial charge < -0.3 is 5.11 Å². The van der Waals surface area contributed by atoms with Gasteiger partial charge in [-0.3, -0.25) is 4.79 Å². The highest BCUT2D eigenvalue weighted by atomic mass is 19.1. The molecular weight excluding hydrogens is 173 g/mol. The van der Waals surface area contributed by atoms with E-state index in [1.54, 1.807) is 0 Å². The van der Waals surface area contributed by atoms with Crippen molar-refractivity contribution in [2.75, 3.05) is 0 Å². The second kappa shape index (κ2) is 4.21. The summed E-state index contributed by atoms with van der Waals surface area (Å²) in [7, 11) is 0. The third kappa shape index (κ3) is 3.34. The van der Waals surface area contributed by atoms with E-state index >= 15 is 0 Å². The van der Waals surface area contributed by atoms with Crippen molar-refractivity contribution in [1.29, 1.82) is 0 Å². The first-order chi connectivity index (χ1) is 6.18. The van der Waals surface area contributed by atoms with Crippen LogP contribution >= 0.6 is 0 Å². The summed E-state index contributed by atoms with van der Waals surface area (Å²) in [5, 5.41) is 8.25. The first-order valence-corrected chi connectivity index (χ1v) is 3.50. The maximum absolute atomic E-state index is 12.3. The summed E-state index contributed by atoms with van der Waals surface area (Å²) >= 11 is 0. The smallest absolute Gasteiger partial charge is 0.315 e. The van der Waals surface area contributed by atoms with Gasteiger partial charge in [-0.1, -0.05) is 5.92 Å². The summed E-state index contributed by atoms with van der Waals surface area (Å²) in [5.41, 5.74) is 0.364. The predicted molar refractivity (Wildman–Crippen MR) is 43.3 cm³/mol. The summed E-state index contributed by atoms with van der Waals surface area (Å²) in [5.74, 6) is 3.45. The van der Waals surface area contributed by atoms with Crippen molar-refractivity contribution in [1.82, 2.24) is 4.98 Å². The van der Waals surface area contributed by atoms with Gasteiger partial charge in [0.15, 0.2) is 0 Å². The molecule has 0 aliphatic carbocycles. The molecule has 0 unspecified atom stereocenters. The third-order valence-corrected chi connectivity index (χ3v) is 1.18. The van der Waals surface area contributed by atoms with E-state index in [1.807, 2.05) is 0 Å². The van der Waals surface area contributed by atoms with Gasteiger partial charge in [0.2, 0.25) is 0 Å². The van der Waals surface area contributed by atoms with E-state index in [9.17, 15) is 9.18 Å². The molecule has 66 valence electrons. The van der Waals surface area contributed by atoms with E-state index in [4.69, 9.17) is 5.11 Å². The maximum Gasteiger partial charge on any atom is 0.315 e. The number of halogens is 1. The minimum atomic E-state index is -0.991. The van der Waals surface area contributed by atoms with Gasteiger partial charge in [0.25, 0.3) is 0 Å². The maximum atomic E-state index is 12.3. The zero-order chi connectivity index (χ0) is 9.68. The standard InChI is InChI=1S/C9H6FNO2/c10-7-4-5-8(11-6-7)2-1-3-9(12)13/h4-6H,3H2,(H,12,13). The van der Waals surface area contributed by atoms with Crippen molar-refractivity contribution in [3.05, 3.63) is 29.8 Å². The molecule has 1 heterocycles. The summed E-state index contributed by atoms with van der Waals surface area (Å²) < 4.78 is 12.3. The number of carboxylic acid groups (broad SMARTS) is 1. The Morgan fingerprint density at radius 2 is 2.38 bits per heavy atom. The molecule has 0 saturated heterocycles. The van der Waals surface area contributed by atoms with Crippen molar-refractivity contribution in [2.45, 2.75) is 6.42 Å². The van der Waals surface area contributed by atoms with Crippen LogP contribution in [0.15, 0.2) is 18.3 Å². The lowest BCUT2D eigenvalue weighted by molar-refractivity contribution is -0.135. The van der Waals surface area contributed by atoms with Crippen LogP contribution in [-0.4, -0.2) is 16.1 Å². The summed E-state index contributed by atoms with van der Waals surface area (Å²) in [6.45, 7) is 0. The lowest BCUT2D eigenvalue weighted by Gasteiger charge is -1.87. The Morgan fingerprint density at radius 3 is 2.92 bits per heavy atom. The first-order valence-electron chi connectivity index (χ1n) is 3.50. The molecule has 1 aromatic rings. The van der Waals surface area contributed by atoms with Crippen LogP contribution in [0.4, 0.5) is 4.39 Å². The molecule has 1 rings (SSSR count). The van der Waals surface area contributed by atoms with E-state index in [1.165, 1.54) is 12.1 Å². The Labute approximate surface area is 74.2 Å². The van der Waals surface area contributed by atoms with E-state index in [0.717, 1.165) is 6.20 Å². The molecule has 0 bridgehead atoms. The van der Waals surface area contributed by atoms with E-state index in [-0.39, 0.29) is 6.42 Å². The van der Waals surface area contributed by atoms with Gasteiger partial charge in [0.05, 0.1) is 6.20 Å². The highest BCUT2D eigenvalue weighted by molar-refractivity contribution is 5.70. The third-order valence-electron chi connectivity index (χ3n) is 1.18. The zero-order valence-electron chi connectivity index (χ0n) is 6.62. The van der Waals surface area contributed by atoms with Gasteiger partial charge in [-0.15, -0.1) is 0 Å². The lowest BCUT2D eigenvalue weighted by atomic mass is 10.3. The SMILES string of the molecule is O=C(O)CC#Cc1ccc(F)cn1. The molecular formula is C9H6FNO2. The van der Waals surface area contributed by atoms with E-state index < -0.39 is 11.8 Å². The van der Waals surface area contributed by atoms with Crippen LogP contribution in [0, 0.1) is 17.7 Å². The molecule has 0 spiro atoms. The lowest BCUT2D eigenvalue weighted by Crippen LogP contribution is -1.90. The van der Waals surface area contributed by atoms with Crippen LogP contribution in [0.5, 0.6) is 0 Å². The molecule has 1 aromatic heterocycles. The first kappa shape index (κ1) is 9.20. The largest absolute Gasteiger partial charge is 0.481 e. The number of nitrogens with zero attached hydrogens (tertiary/aromatic N) is 1. The number of aromatic nitrogens is 1. The number of aliphatic carboxylic acids is 1. The average Bonchev–Trinajstić information content (AvgIpc) is 2.08. The van der Waals surface area contributed by atoms with Gasteiger partial charge in [0.1, 0.15) is 17.9 Å². The van der Waals surface area contributed by atoms with Gasteiger partial charge in [0, 0.05) is 0 Å². The van der Waals surface area contributed by atoms with Crippen LogP contribution in [0.2, 0.25) is 0 Å². The molecule has 3 nitrogen and oxygen atoms in total. The van der Waals surface area contributed by atoms with Gasteiger partial charge in [-0.05, 0) is 18.1 Å². The molecule has 0 saturated carbocycles. The highest BCUT2D eigenvalue weighted by Crippen LogP contribution is 1.95. The minimum Gasteiger partial charge on any atom is -0.481 e. The van der Waals surface area contributed by atoms with Crippen LogP contribution in [0.1, 0.15) is 12.1 Å². The Bertz CT molecular complexity index is 361. The van der Waals surface area contributed by atoms with Crippen molar-refractivity contribution in [3.63, 3.8) is 0 Å². The normalized spacial score (nSPS) is 8.69. The Balaban J connectivity index is 2.67. The number of carbonyl (C=O) groups is 1. The molecule has 0 aliphatic heterocycles. The molecule has 0 aromatic carbocycles. The summed E-state index contributed by atoms with van der Waals surface area (Å²) in [6, 6.07) is 2.61. The Hall–Kier alpha value is -1.89.